The van der Waals surface area contributed by atoms with Crippen LogP contribution in [0.5, 0.6) is 0 Å². The summed E-state index contributed by atoms with van der Waals surface area (Å²) < 4.78 is 25.5. The maximum absolute atomic E-state index is 12.9. The van der Waals surface area contributed by atoms with Crippen LogP contribution in [0.3, 0.4) is 0 Å². The van der Waals surface area contributed by atoms with Gasteiger partial charge in [-0.05, 0) is 24.1 Å². The van der Waals surface area contributed by atoms with Crippen LogP contribution >= 0.6 is 0 Å². The Kier molecular flexibility index (Phi) is 4.24. The molecule has 16 heavy (non-hydrogen) atoms. The van der Waals surface area contributed by atoms with Crippen molar-refractivity contribution in [3.8, 4) is 6.07 Å². The molecule has 0 aliphatic carbocycles. The lowest BCUT2D eigenvalue weighted by Crippen LogP contribution is -2.17. The molecule has 1 unspecified atom stereocenters. The van der Waals surface area contributed by atoms with E-state index in [1.165, 1.54) is 6.07 Å². The molecule has 0 radical (unpaired) electrons. The van der Waals surface area contributed by atoms with Gasteiger partial charge in [0.15, 0.2) is 11.6 Å². The first kappa shape index (κ1) is 12.4. The predicted octanol–water partition coefficient (Wildman–Crippen LogP) is 3.17. The third kappa shape index (κ3) is 3.20. The van der Waals surface area contributed by atoms with Gasteiger partial charge >= 0.3 is 0 Å². The largest absolute Gasteiger partial charge is 0.384 e. The molecule has 0 heterocycles. The average Bonchev–Trinajstić information content (AvgIpc) is 2.23. The molecule has 1 aromatic rings. The van der Waals surface area contributed by atoms with E-state index in [0.29, 0.717) is 12.2 Å². The van der Waals surface area contributed by atoms with Gasteiger partial charge in [0.05, 0.1) is 12.0 Å². The molecule has 0 aromatic heterocycles. The van der Waals surface area contributed by atoms with Crippen molar-refractivity contribution >= 4 is 5.69 Å². The number of rotatable bonds is 4. The van der Waals surface area contributed by atoms with Crippen LogP contribution in [-0.4, -0.2) is 6.54 Å². The summed E-state index contributed by atoms with van der Waals surface area (Å²) in [7, 11) is 0. The van der Waals surface area contributed by atoms with Crippen LogP contribution in [0.15, 0.2) is 18.2 Å². The third-order valence-electron chi connectivity index (χ3n) is 2.42. The molecule has 2 nitrogen and oxygen atoms in total. The van der Waals surface area contributed by atoms with Gasteiger partial charge in [0.1, 0.15) is 0 Å². The molecular weight excluding hydrogens is 210 g/mol. The highest BCUT2D eigenvalue weighted by atomic mass is 19.2. The molecule has 0 saturated heterocycles. The van der Waals surface area contributed by atoms with Crippen LogP contribution in [0.4, 0.5) is 14.5 Å². The van der Waals surface area contributed by atoms with Crippen LogP contribution in [-0.2, 0) is 0 Å². The van der Waals surface area contributed by atoms with Crippen molar-refractivity contribution in [3.63, 3.8) is 0 Å². The van der Waals surface area contributed by atoms with Crippen LogP contribution in [0.25, 0.3) is 0 Å². The first-order valence-electron chi connectivity index (χ1n) is 5.13. The number of nitriles is 1. The highest BCUT2D eigenvalue weighted by Gasteiger charge is 2.12. The van der Waals surface area contributed by atoms with Crippen molar-refractivity contribution in [2.45, 2.75) is 13.8 Å². The van der Waals surface area contributed by atoms with E-state index in [-0.39, 0.29) is 11.8 Å². The Hall–Kier alpha value is -1.63. The van der Waals surface area contributed by atoms with E-state index in [1.54, 1.807) is 0 Å². The molecule has 1 atom stereocenters. The molecule has 1 rings (SSSR count). The summed E-state index contributed by atoms with van der Waals surface area (Å²) in [5.41, 5.74) is 0.486. The van der Waals surface area contributed by atoms with Gasteiger partial charge in [-0.15, -0.1) is 0 Å². The molecule has 1 N–H and O–H groups in total. The van der Waals surface area contributed by atoms with Crippen molar-refractivity contribution < 1.29 is 8.78 Å². The first-order chi connectivity index (χ1) is 7.54. The van der Waals surface area contributed by atoms with Crippen molar-refractivity contribution in [2.24, 2.45) is 11.8 Å². The summed E-state index contributed by atoms with van der Waals surface area (Å²) in [6.45, 7) is 4.32. The molecule has 0 saturated carbocycles. The number of halogens is 2. The Balaban J connectivity index is 2.61. The second-order valence-corrected chi connectivity index (χ2v) is 3.99. The maximum Gasteiger partial charge on any atom is 0.160 e. The normalized spacial score (nSPS) is 12.2. The van der Waals surface area contributed by atoms with Crippen molar-refractivity contribution in [2.75, 3.05) is 11.9 Å². The summed E-state index contributed by atoms with van der Waals surface area (Å²) in [5.74, 6) is -1.68. The Bertz CT molecular complexity index is 396. The monoisotopic (exact) mass is 224 g/mol. The van der Waals surface area contributed by atoms with Crippen LogP contribution < -0.4 is 5.32 Å². The standard InChI is InChI=1S/C12H14F2N2/c1-8(2)9(6-15)7-16-10-3-4-11(13)12(14)5-10/h3-5,8-9,16H,7H2,1-2H3. The molecule has 0 amide bonds. The zero-order valence-corrected chi connectivity index (χ0v) is 9.30. The summed E-state index contributed by atoms with van der Waals surface area (Å²) in [6, 6.07) is 5.77. The number of nitrogens with zero attached hydrogens (tertiary/aromatic N) is 1. The fraction of sp³-hybridized carbons (Fsp3) is 0.417. The van der Waals surface area contributed by atoms with E-state index in [9.17, 15) is 8.78 Å². The van der Waals surface area contributed by atoms with Gasteiger partial charge in [-0.25, -0.2) is 8.78 Å². The number of nitrogens with one attached hydrogen (secondary N) is 1. The van der Waals surface area contributed by atoms with Gasteiger partial charge in [0.2, 0.25) is 0 Å². The molecule has 4 heteroatoms. The smallest absolute Gasteiger partial charge is 0.160 e. The lowest BCUT2D eigenvalue weighted by Gasteiger charge is -2.14. The zero-order chi connectivity index (χ0) is 12.1. The van der Waals surface area contributed by atoms with Crippen LogP contribution in [0.1, 0.15) is 13.8 Å². The Morgan fingerprint density at radius 1 is 1.31 bits per heavy atom. The van der Waals surface area contributed by atoms with E-state index in [1.807, 2.05) is 13.8 Å². The predicted molar refractivity (Wildman–Crippen MR) is 58.8 cm³/mol. The van der Waals surface area contributed by atoms with Gasteiger partial charge in [-0.3, -0.25) is 0 Å². The summed E-state index contributed by atoms with van der Waals surface area (Å²) >= 11 is 0. The van der Waals surface area contributed by atoms with E-state index in [0.717, 1.165) is 12.1 Å². The lowest BCUT2D eigenvalue weighted by molar-refractivity contribution is 0.494. The number of anilines is 1. The number of hydrogen-bond acceptors (Lipinski definition) is 2. The molecule has 0 aliphatic heterocycles. The second-order valence-electron chi connectivity index (χ2n) is 3.99. The lowest BCUT2D eigenvalue weighted by atomic mass is 9.97. The zero-order valence-electron chi connectivity index (χ0n) is 9.30. The van der Waals surface area contributed by atoms with Gasteiger partial charge in [0, 0.05) is 12.2 Å². The minimum Gasteiger partial charge on any atom is -0.384 e. The van der Waals surface area contributed by atoms with Crippen LogP contribution in [0, 0.1) is 34.8 Å². The van der Waals surface area contributed by atoms with E-state index in [4.69, 9.17) is 5.26 Å². The molecule has 0 spiro atoms. The van der Waals surface area contributed by atoms with Gasteiger partial charge in [0.25, 0.3) is 0 Å². The quantitative estimate of drug-likeness (QED) is 0.852. The maximum atomic E-state index is 12.9. The highest BCUT2D eigenvalue weighted by molar-refractivity contribution is 5.43. The third-order valence-corrected chi connectivity index (χ3v) is 2.42. The Morgan fingerprint density at radius 2 is 2.00 bits per heavy atom. The molecule has 86 valence electrons. The van der Waals surface area contributed by atoms with E-state index in [2.05, 4.69) is 11.4 Å². The SMILES string of the molecule is CC(C)C(C#N)CNc1ccc(F)c(F)c1. The van der Waals surface area contributed by atoms with Gasteiger partial charge < -0.3 is 5.32 Å². The average molecular weight is 224 g/mol. The van der Waals surface area contributed by atoms with E-state index >= 15 is 0 Å². The van der Waals surface area contributed by atoms with Crippen molar-refractivity contribution in [3.05, 3.63) is 29.8 Å². The first-order valence-corrected chi connectivity index (χ1v) is 5.13. The number of hydrogen-bond donors (Lipinski definition) is 1. The summed E-state index contributed by atoms with van der Waals surface area (Å²) in [5, 5.41) is 11.8. The fourth-order valence-electron chi connectivity index (χ4n) is 1.26. The van der Waals surface area contributed by atoms with Gasteiger partial charge in [-0.2, -0.15) is 5.26 Å². The molecule has 0 aliphatic rings. The highest BCUT2D eigenvalue weighted by Crippen LogP contribution is 2.15. The Morgan fingerprint density at radius 3 is 2.50 bits per heavy atom. The summed E-state index contributed by atoms with van der Waals surface area (Å²) in [6.07, 6.45) is 0. The minimum atomic E-state index is -0.886. The van der Waals surface area contributed by atoms with Crippen LogP contribution in [0.2, 0.25) is 0 Å². The minimum absolute atomic E-state index is 0.145. The molecular formula is C12H14F2N2. The molecule has 0 fully saturated rings. The summed E-state index contributed by atoms with van der Waals surface area (Å²) in [4.78, 5) is 0. The van der Waals surface area contributed by atoms with Crippen molar-refractivity contribution in [1.29, 1.82) is 5.26 Å². The molecule has 1 aromatic carbocycles. The topological polar surface area (TPSA) is 35.8 Å². The fourth-order valence-corrected chi connectivity index (χ4v) is 1.26. The van der Waals surface area contributed by atoms with Gasteiger partial charge in [-0.1, -0.05) is 13.8 Å². The molecule has 0 bridgehead atoms. The Labute approximate surface area is 93.9 Å². The number of benzene rings is 1. The van der Waals surface area contributed by atoms with E-state index < -0.39 is 11.6 Å². The van der Waals surface area contributed by atoms with Crippen molar-refractivity contribution in [1.82, 2.24) is 0 Å². The second kappa shape index (κ2) is 5.45.